The minimum Gasteiger partial charge on any atom is -0.465 e. The van der Waals surface area contributed by atoms with E-state index >= 15 is 0 Å². The summed E-state index contributed by atoms with van der Waals surface area (Å²) < 4.78 is 10.4. The van der Waals surface area contributed by atoms with Crippen LogP contribution in [0.25, 0.3) is 0 Å². The molecule has 0 saturated carbocycles. The molecule has 0 radical (unpaired) electrons. The number of ether oxygens (including phenoxy) is 1. The molecule has 0 aromatic carbocycles. The Bertz CT molecular complexity index is 301. The van der Waals surface area contributed by atoms with Crippen molar-refractivity contribution >= 4 is 5.97 Å². The van der Waals surface area contributed by atoms with Crippen LogP contribution in [-0.4, -0.2) is 12.6 Å². The maximum absolute atomic E-state index is 11.4. The van der Waals surface area contributed by atoms with Crippen molar-refractivity contribution in [2.24, 2.45) is 0 Å². The molecule has 78 valence electrons. The second-order valence-corrected chi connectivity index (χ2v) is 3.13. The molecular formula is C11H16O3. The van der Waals surface area contributed by atoms with Crippen LogP contribution in [0.1, 0.15) is 38.2 Å². The summed E-state index contributed by atoms with van der Waals surface area (Å²) >= 11 is 0. The first-order valence-electron chi connectivity index (χ1n) is 4.94. The summed E-state index contributed by atoms with van der Waals surface area (Å²) in [7, 11) is 0. The van der Waals surface area contributed by atoms with Gasteiger partial charge in [0.1, 0.15) is 17.4 Å². The first-order chi connectivity index (χ1) is 6.69. The number of hydrogen-bond acceptors (Lipinski definition) is 3. The molecule has 1 aromatic heterocycles. The lowest BCUT2D eigenvalue weighted by Crippen LogP contribution is -2.12. The molecule has 1 atom stereocenters. The highest BCUT2D eigenvalue weighted by molar-refractivity contribution is 5.76. The molecule has 3 nitrogen and oxygen atoms in total. The number of aryl methyl sites for hydroxylation is 1. The van der Waals surface area contributed by atoms with Crippen molar-refractivity contribution in [1.82, 2.24) is 0 Å². The van der Waals surface area contributed by atoms with E-state index in [2.05, 4.69) is 0 Å². The summed E-state index contributed by atoms with van der Waals surface area (Å²) in [5, 5.41) is 0. The fourth-order valence-corrected chi connectivity index (χ4v) is 1.20. The standard InChI is InChI=1S/C11H16O3/c1-4-9-6-7-10(14-9)8(3)11(12)13-5-2/h6-8H,4-5H2,1-3H3. The van der Waals surface area contributed by atoms with E-state index in [-0.39, 0.29) is 11.9 Å². The Morgan fingerprint density at radius 2 is 2.21 bits per heavy atom. The van der Waals surface area contributed by atoms with Crippen LogP contribution in [-0.2, 0) is 16.0 Å². The van der Waals surface area contributed by atoms with E-state index in [4.69, 9.17) is 9.15 Å². The number of rotatable bonds is 4. The lowest BCUT2D eigenvalue weighted by molar-refractivity contribution is -0.144. The van der Waals surface area contributed by atoms with Crippen molar-refractivity contribution in [3.8, 4) is 0 Å². The Hall–Kier alpha value is -1.25. The molecular weight excluding hydrogens is 180 g/mol. The second kappa shape index (κ2) is 4.84. The lowest BCUT2D eigenvalue weighted by Gasteiger charge is -2.06. The maximum atomic E-state index is 11.4. The summed E-state index contributed by atoms with van der Waals surface area (Å²) in [6.07, 6.45) is 0.843. The van der Waals surface area contributed by atoms with Gasteiger partial charge in [-0.3, -0.25) is 4.79 Å². The third kappa shape index (κ3) is 2.37. The molecule has 1 aromatic rings. The van der Waals surface area contributed by atoms with Gasteiger partial charge >= 0.3 is 5.97 Å². The van der Waals surface area contributed by atoms with Gasteiger partial charge in [-0.05, 0) is 26.0 Å². The molecule has 0 N–H and O–H groups in total. The first kappa shape index (κ1) is 10.8. The molecule has 0 aliphatic carbocycles. The number of esters is 1. The van der Waals surface area contributed by atoms with Gasteiger partial charge in [0, 0.05) is 6.42 Å². The third-order valence-electron chi connectivity index (χ3n) is 2.10. The van der Waals surface area contributed by atoms with Crippen molar-refractivity contribution < 1.29 is 13.9 Å². The van der Waals surface area contributed by atoms with Crippen LogP contribution in [0.5, 0.6) is 0 Å². The molecule has 1 unspecified atom stereocenters. The Labute approximate surface area is 84.1 Å². The Kier molecular flexibility index (Phi) is 3.74. The highest BCUT2D eigenvalue weighted by atomic mass is 16.5. The molecule has 0 fully saturated rings. The summed E-state index contributed by atoms with van der Waals surface area (Å²) in [6.45, 7) is 6.00. The van der Waals surface area contributed by atoms with E-state index in [0.29, 0.717) is 12.4 Å². The van der Waals surface area contributed by atoms with Gasteiger partial charge in [0.05, 0.1) is 6.61 Å². The van der Waals surface area contributed by atoms with Crippen molar-refractivity contribution in [3.05, 3.63) is 23.7 Å². The van der Waals surface area contributed by atoms with Crippen LogP contribution in [0.4, 0.5) is 0 Å². The Balaban J connectivity index is 2.68. The zero-order chi connectivity index (χ0) is 10.6. The highest BCUT2D eigenvalue weighted by Crippen LogP contribution is 2.19. The van der Waals surface area contributed by atoms with Gasteiger partial charge in [0.2, 0.25) is 0 Å². The van der Waals surface area contributed by atoms with E-state index in [1.165, 1.54) is 0 Å². The average molecular weight is 196 g/mol. The fraction of sp³-hybridized carbons (Fsp3) is 0.545. The Morgan fingerprint density at radius 1 is 1.50 bits per heavy atom. The SMILES string of the molecule is CCOC(=O)C(C)c1ccc(CC)o1. The number of carbonyl (C=O) groups is 1. The molecule has 1 heterocycles. The maximum Gasteiger partial charge on any atom is 0.316 e. The highest BCUT2D eigenvalue weighted by Gasteiger charge is 2.19. The summed E-state index contributed by atoms with van der Waals surface area (Å²) in [5.41, 5.74) is 0. The molecule has 0 spiro atoms. The zero-order valence-electron chi connectivity index (χ0n) is 8.87. The number of hydrogen-bond donors (Lipinski definition) is 0. The van der Waals surface area contributed by atoms with Crippen molar-refractivity contribution in [2.45, 2.75) is 33.1 Å². The topological polar surface area (TPSA) is 39.4 Å². The van der Waals surface area contributed by atoms with Crippen LogP contribution in [0.2, 0.25) is 0 Å². The molecule has 0 amide bonds. The number of carbonyl (C=O) groups excluding carboxylic acids is 1. The summed E-state index contributed by atoms with van der Waals surface area (Å²) in [5.74, 6) is 1.04. The van der Waals surface area contributed by atoms with Gasteiger partial charge in [0.25, 0.3) is 0 Å². The van der Waals surface area contributed by atoms with E-state index < -0.39 is 0 Å². The largest absolute Gasteiger partial charge is 0.465 e. The van der Waals surface area contributed by atoms with Gasteiger partial charge in [-0.25, -0.2) is 0 Å². The predicted molar refractivity (Wildman–Crippen MR) is 53.1 cm³/mol. The van der Waals surface area contributed by atoms with Gasteiger partial charge < -0.3 is 9.15 Å². The molecule has 0 aliphatic heterocycles. The van der Waals surface area contributed by atoms with Crippen LogP contribution in [0, 0.1) is 0 Å². The second-order valence-electron chi connectivity index (χ2n) is 3.13. The normalized spacial score (nSPS) is 12.5. The average Bonchev–Trinajstić information content (AvgIpc) is 2.65. The molecule has 3 heteroatoms. The zero-order valence-corrected chi connectivity index (χ0v) is 8.87. The van der Waals surface area contributed by atoms with E-state index in [0.717, 1.165) is 12.2 Å². The quantitative estimate of drug-likeness (QED) is 0.694. The van der Waals surface area contributed by atoms with Crippen molar-refractivity contribution in [1.29, 1.82) is 0 Å². The summed E-state index contributed by atoms with van der Waals surface area (Å²) in [6, 6.07) is 3.73. The lowest BCUT2D eigenvalue weighted by atomic mass is 10.1. The molecule has 0 aliphatic rings. The van der Waals surface area contributed by atoms with Gasteiger partial charge in [-0.2, -0.15) is 0 Å². The van der Waals surface area contributed by atoms with Crippen molar-refractivity contribution in [2.75, 3.05) is 6.61 Å². The first-order valence-corrected chi connectivity index (χ1v) is 4.94. The van der Waals surface area contributed by atoms with Gasteiger partial charge in [-0.15, -0.1) is 0 Å². The number of furan rings is 1. The van der Waals surface area contributed by atoms with E-state index in [1.54, 1.807) is 13.8 Å². The fourth-order valence-electron chi connectivity index (χ4n) is 1.20. The molecule has 1 rings (SSSR count). The third-order valence-corrected chi connectivity index (χ3v) is 2.10. The van der Waals surface area contributed by atoms with E-state index in [1.807, 2.05) is 19.1 Å². The Morgan fingerprint density at radius 3 is 2.71 bits per heavy atom. The molecule has 0 bridgehead atoms. The van der Waals surface area contributed by atoms with Crippen LogP contribution < -0.4 is 0 Å². The smallest absolute Gasteiger partial charge is 0.316 e. The molecule has 0 saturated heterocycles. The van der Waals surface area contributed by atoms with Gasteiger partial charge in [0.15, 0.2) is 0 Å². The predicted octanol–water partition coefficient (Wildman–Crippen LogP) is 2.51. The minimum atomic E-state index is -0.310. The molecule has 14 heavy (non-hydrogen) atoms. The summed E-state index contributed by atoms with van der Waals surface area (Å²) in [4.78, 5) is 11.4. The van der Waals surface area contributed by atoms with Crippen molar-refractivity contribution in [3.63, 3.8) is 0 Å². The van der Waals surface area contributed by atoms with Crippen LogP contribution in [0.15, 0.2) is 16.5 Å². The minimum absolute atomic E-state index is 0.232. The van der Waals surface area contributed by atoms with E-state index in [9.17, 15) is 4.79 Å². The van der Waals surface area contributed by atoms with Crippen LogP contribution >= 0.6 is 0 Å². The van der Waals surface area contributed by atoms with Crippen LogP contribution in [0.3, 0.4) is 0 Å². The monoisotopic (exact) mass is 196 g/mol. The van der Waals surface area contributed by atoms with Gasteiger partial charge in [-0.1, -0.05) is 6.92 Å².